The Balaban J connectivity index is 0.00000156. The van der Waals surface area contributed by atoms with Crippen LogP contribution in [0.15, 0.2) is 65.5 Å². The molecule has 7 nitrogen and oxygen atoms in total. The van der Waals surface area contributed by atoms with Crippen molar-refractivity contribution in [2.75, 3.05) is 13.1 Å². The number of rotatable bonds is 11. The predicted molar refractivity (Wildman–Crippen MR) is 152 cm³/mol. The van der Waals surface area contributed by atoms with Gasteiger partial charge in [0.15, 0.2) is 0 Å². The van der Waals surface area contributed by atoms with Gasteiger partial charge < -0.3 is 25.0 Å². The molecule has 5 aromatic rings. The SMILES string of the molecule is CC.CCCNCc1ncc(-c2ccc(-c3ccc(-c4cnc(CNCCC)[nH]4)c4occc34)cc2)[nH]1. The van der Waals surface area contributed by atoms with Crippen LogP contribution in [0.1, 0.15) is 52.2 Å². The first-order valence-electron chi connectivity index (χ1n) is 13.4. The van der Waals surface area contributed by atoms with Gasteiger partial charge in [-0.2, -0.15) is 0 Å². The van der Waals surface area contributed by atoms with Gasteiger partial charge in [-0.05, 0) is 54.8 Å². The number of hydrogen-bond acceptors (Lipinski definition) is 5. The van der Waals surface area contributed by atoms with Gasteiger partial charge in [0.05, 0.1) is 43.1 Å². The predicted octanol–water partition coefficient (Wildman–Crippen LogP) is 6.91. The molecule has 0 bridgehead atoms. The van der Waals surface area contributed by atoms with E-state index < -0.39 is 0 Å². The van der Waals surface area contributed by atoms with E-state index >= 15 is 0 Å². The molecule has 7 heteroatoms. The van der Waals surface area contributed by atoms with Crippen LogP contribution in [-0.4, -0.2) is 33.0 Å². The molecule has 0 unspecified atom stereocenters. The van der Waals surface area contributed by atoms with Gasteiger partial charge in [-0.1, -0.05) is 58.0 Å². The van der Waals surface area contributed by atoms with Gasteiger partial charge in [0.1, 0.15) is 17.2 Å². The van der Waals surface area contributed by atoms with Crippen molar-refractivity contribution in [3.63, 3.8) is 0 Å². The maximum atomic E-state index is 5.93. The standard InChI is InChI=1S/C28H32N6O.C2H6/c1-3-12-29-17-26-31-15-24(33-26)20-7-5-19(6-8-20)21-9-10-23(28-22(21)11-14-35-28)25-16-32-27(34-25)18-30-13-4-2;1-2/h5-11,14-16,29-30H,3-4,12-13,17-18H2,1-2H3,(H,31,33)(H,32,34);1-2H3. The van der Waals surface area contributed by atoms with E-state index in [4.69, 9.17) is 4.42 Å². The maximum absolute atomic E-state index is 5.93. The van der Waals surface area contributed by atoms with Crippen LogP contribution in [0.5, 0.6) is 0 Å². The molecule has 0 aliphatic carbocycles. The fraction of sp³-hybridized carbons (Fsp3) is 0.333. The summed E-state index contributed by atoms with van der Waals surface area (Å²) in [5.74, 6) is 1.88. The third-order valence-electron chi connectivity index (χ3n) is 6.11. The molecule has 0 spiro atoms. The lowest BCUT2D eigenvalue weighted by Gasteiger charge is -2.08. The van der Waals surface area contributed by atoms with Gasteiger partial charge in [0.25, 0.3) is 0 Å². The first-order chi connectivity index (χ1) is 18.3. The smallest absolute Gasteiger partial charge is 0.143 e. The molecule has 37 heavy (non-hydrogen) atoms. The van der Waals surface area contributed by atoms with Crippen molar-refractivity contribution in [1.82, 2.24) is 30.6 Å². The highest BCUT2D eigenvalue weighted by atomic mass is 16.3. The molecule has 5 rings (SSSR count). The summed E-state index contributed by atoms with van der Waals surface area (Å²) in [4.78, 5) is 15.9. The van der Waals surface area contributed by atoms with Crippen LogP contribution in [0.4, 0.5) is 0 Å². The van der Waals surface area contributed by atoms with Crippen LogP contribution in [-0.2, 0) is 13.1 Å². The van der Waals surface area contributed by atoms with Crippen LogP contribution >= 0.6 is 0 Å². The Morgan fingerprint density at radius 3 is 1.92 bits per heavy atom. The number of H-pyrrole nitrogens is 2. The van der Waals surface area contributed by atoms with Gasteiger partial charge in [0.2, 0.25) is 0 Å². The molecule has 194 valence electrons. The molecule has 0 aliphatic heterocycles. The van der Waals surface area contributed by atoms with E-state index in [9.17, 15) is 0 Å². The first kappa shape index (κ1) is 26.4. The van der Waals surface area contributed by atoms with Gasteiger partial charge in [-0.3, -0.25) is 0 Å². The molecule has 0 radical (unpaired) electrons. The van der Waals surface area contributed by atoms with Crippen LogP contribution in [0.25, 0.3) is 44.6 Å². The molecule has 3 heterocycles. The lowest BCUT2D eigenvalue weighted by Crippen LogP contribution is -2.14. The number of nitrogens with zero attached hydrogens (tertiary/aromatic N) is 2. The number of hydrogen-bond donors (Lipinski definition) is 4. The number of aromatic nitrogens is 4. The van der Waals surface area contributed by atoms with Crippen LogP contribution in [0.2, 0.25) is 0 Å². The molecule has 0 atom stereocenters. The average molecular weight is 499 g/mol. The second kappa shape index (κ2) is 13.0. The molecule has 0 saturated carbocycles. The van der Waals surface area contributed by atoms with Crippen LogP contribution in [0.3, 0.4) is 0 Å². The first-order valence-corrected chi connectivity index (χ1v) is 13.4. The molecule has 2 aromatic carbocycles. The van der Waals surface area contributed by atoms with Crippen molar-refractivity contribution in [3.8, 4) is 33.6 Å². The van der Waals surface area contributed by atoms with Crippen molar-refractivity contribution < 1.29 is 4.42 Å². The molecule has 0 fully saturated rings. The van der Waals surface area contributed by atoms with Crippen molar-refractivity contribution >= 4 is 11.0 Å². The minimum atomic E-state index is 0.729. The molecular formula is C30H38N6O. The van der Waals surface area contributed by atoms with E-state index in [1.54, 1.807) is 6.26 Å². The second-order valence-electron chi connectivity index (χ2n) is 8.74. The van der Waals surface area contributed by atoms with Crippen LogP contribution < -0.4 is 10.6 Å². The summed E-state index contributed by atoms with van der Waals surface area (Å²) in [6, 6.07) is 14.9. The number of fused-ring (bicyclic) bond motifs is 1. The van der Waals surface area contributed by atoms with Crippen molar-refractivity contribution in [2.45, 2.75) is 53.6 Å². The minimum Gasteiger partial charge on any atom is -0.464 e. The quantitative estimate of drug-likeness (QED) is 0.149. The number of benzene rings is 2. The number of nitrogens with one attached hydrogen (secondary N) is 4. The summed E-state index contributed by atoms with van der Waals surface area (Å²) >= 11 is 0. The number of aromatic amines is 2. The fourth-order valence-electron chi connectivity index (χ4n) is 4.31. The van der Waals surface area contributed by atoms with Crippen molar-refractivity contribution in [3.05, 3.63) is 72.8 Å². The summed E-state index contributed by atoms with van der Waals surface area (Å²) in [6.45, 7) is 11.8. The Kier molecular flexibility index (Phi) is 9.29. The zero-order valence-corrected chi connectivity index (χ0v) is 22.3. The zero-order valence-electron chi connectivity index (χ0n) is 22.3. The van der Waals surface area contributed by atoms with E-state index in [0.29, 0.717) is 0 Å². The van der Waals surface area contributed by atoms with Gasteiger partial charge in [-0.15, -0.1) is 0 Å². The Labute approximate surface area is 219 Å². The van der Waals surface area contributed by atoms with Gasteiger partial charge in [-0.25, -0.2) is 9.97 Å². The van der Waals surface area contributed by atoms with Crippen molar-refractivity contribution in [1.29, 1.82) is 0 Å². The van der Waals surface area contributed by atoms with Crippen LogP contribution in [0, 0.1) is 0 Å². The lowest BCUT2D eigenvalue weighted by molar-refractivity contribution is 0.616. The van der Waals surface area contributed by atoms with E-state index in [1.807, 2.05) is 32.3 Å². The third-order valence-corrected chi connectivity index (χ3v) is 6.11. The number of imidazole rings is 2. The highest BCUT2D eigenvalue weighted by Crippen LogP contribution is 2.36. The molecule has 3 aromatic heterocycles. The van der Waals surface area contributed by atoms with E-state index in [0.717, 1.165) is 95.3 Å². The topological polar surface area (TPSA) is 94.6 Å². The summed E-state index contributed by atoms with van der Waals surface area (Å²) in [7, 11) is 0. The molecule has 4 N–H and O–H groups in total. The largest absolute Gasteiger partial charge is 0.464 e. The Bertz CT molecular complexity index is 1380. The van der Waals surface area contributed by atoms with E-state index in [2.05, 4.69) is 80.8 Å². The Hall–Kier alpha value is -3.68. The monoisotopic (exact) mass is 498 g/mol. The molecule has 0 amide bonds. The minimum absolute atomic E-state index is 0.729. The molecular weight excluding hydrogens is 460 g/mol. The lowest BCUT2D eigenvalue weighted by atomic mass is 9.97. The Morgan fingerprint density at radius 2 is 1.27 bits per heavy atom. The maximum Gasteiger partial charge on any atom is 0.143 e. The Morgan fingerprint density at radius 1 is 0.703 bits per heavy atom. The van der Waals surface area contributed by atoms with Gasteiger partial charge in [0, 0.05) is 10.9 Å². The highest BCUT2D eigenvalue weighted by Gasteiger charge is 2.14. The third kappa shape index (κ3) is 6.18. The van der Waals surface area contributed by atoms with Crippen molar-refractivity contribution in [2.24, 2.45) is 0 Å². The zero-order chi connectivity index (χ0) is 26.0. The number of furan rings is 1. The summed E-state index contributed by atoms with van der Waals surface area (Å²) in [5, 5.41) is 7.84. The van der Waals surface area contributed by atoms with E-state index in [1.165, 1.54) is 0 Å². The average Bonchev–Trinajstić information content (AvgIpc) is 3.71. The molecule has 0 aliphatic rings. The van der Waals surface area contributed by atoms with Gasteiger partial charge >= 0.3 is 0 Å². The molecule has 0 saturated heterocycles. The summed E-state index contributed by atoms with van der Waals surface area (Å²) in [5.41, 5.74) is 7.26. The highest BCUT2D eigenvalue weighted by molar-refractivity contribution is 6.01. The summed E-state index contributed by atoms with van der Waals surface area (Å²) < 4.78 is 5.93. The normalized spacial score (nSPS) is 11.0. The summed E-state index contributed by atoms with van der Waals surface area (Å²) in [6.07, 6.45) is 7.75. The van der Waals surface area contributed by atoms with E-state index in [-0.39, 0.29) is 0 Å². The fourth-order valence-corrected chi connectivity index (χ4v) is 4.31. The second-order valence-corrected chi connectivity index (χ2v) is 8.74.